The number of imide groups is 1. The fraction of sp³-hybridized carbons (Fsp3) is 0.310. The molecule has 2 aliphatic heterocycles. The number of hydrogen-bond donors (Lipinski definition) is 0. The fourth-order valence-corrected chi connectivity index (χ4v) is 4.92. The van der Waals surface area contributed by atoms with Crippen molar-refractivity contribution in [1.82, 2.24) is 0 Å². The summed E-state index contributed by atoms with van der Waals surface area (Å²) in [4.78, 5) is 34.9. The number of fused-ring (bicyclic) bond motifs is 1. The number of para-hydroxylation sites is 2. The van der Waals surface area contributed by atoms with Crippen molar-refractivity contribution in [3.05, 3.63) is 83.9 Å². The normalized spacial score (nSPS) is 21.1. The number of anilines is 2. The Hall–Kier alpha value is -3.84. The highest BCUT2D eigenvalue weighted by Crippen LogP contribution is 2.49. The zero-order valence-corrected chi connectivity index (χ0v) is 20.7. The molecule has 36 heavy (non-hydrogen) atoms. The van der Waals surface area contributed by atoms with Gasteiger partial charge in [-0.05, 0) is 54.8 Å². The van der Waals surface area contributed by atoms with Crippen LogP contribution in [0.1, 0.15) is 36.9 Å². The molecule has 0 spiro atoms. The lowest BCUT2D eigenvalue weighted by Gasteiger charge is -2.29. The summed E-state index contributed by atoms with van der Waals surface area (Å²) in [6, 6.07) is 22.1. The van der Waals surface area contributed by atoms with E-state index in [0.29, 0.717) is 23.8 Å². The predicted octanol–water partition coefficient (Wildman–Crippen LogP) is 5.23. The van der Waals surface area contributed by atoms with Crippen molar-refractivity contribution in [3.63, 3.8) is 0 Å². The largest absolute Gasteiger partial charge is 0.493 e. The van der Waals surface area contributed by atoms with Gasteiger partial charge in [-0.3, -0.25) is 14.4 Å². The summed E-state index contributed by atoms with van der Waals surface area (Å²) >= 11 is 0. The average Bonchev–Trinajstić information content (AvgIpc) is 3.41. The van der Waals surface area contributed by atoms with Crippen molar-refractivity contribution in [2.75, 3.05) is 23.7 Å². The third kappa shape index (κ3) is 4.09. The van der Waals surface area contributed by atoms with Gasteiger partial charge in [0, 0.05) is 0 Å². The number of unbranched alkanes of at least 4 members (excludes halogenated alkanes) is 1. The van der Waals surface area contributed by atoms with Gasteiger partial charge < -0.3 is 9.47 Å². The molecule has 7 nitrogen and oxygen atoms in total. The van der Waals surface area contributed by atoms with Crippen LogP contribution in [0.15, 0.2) is 72.8 Å². The van der Waals surface area contributed by atoms with Crippen LogP contribution >= 0.6 is 0 Å². The molecular weight excluding hydrogens is 456 g/mol. The van der Waals surface area contributed by atoms with Crippen molar-refractivity contribution in [3.8, 4) is 11.5 Å². The van der Waals surface area contributed by atoms with Gasteiger partial charge in [-0.2, -0.15) is 0 Å². The van der Waals surface area contributed by atoms with Crippen molar-refractivity contribution < 1.29 is 23.9 Å². The van der Waals surface area contributed by atoms with Crippen molar-refractivity contribution >= 4 is 23.2 Å². The van der Waals surface area contributed by atoms with E-state index in [1.807, 2.05) is 73.7 Å². The summed E-state index contributed by atoms with van der Waals surface area (Å²) in [6.07, 6.45) is 1.05. The Morgan fingerprint density at radius 3 is 2.39 bits per heavy atom. The Kier molecular flexibility index (Phi) is 6.65. The Morgan fingerprint density at radius 1 is 0.917 bits per heavy atom. The Labute approximate surface area is 211 Å². The highest BCUT2D eigenvalue weighted by Gasteiger charge is 2.60. The Bertz CT molecular complexity index is 1260. The van der Waals surface area contributed by atoms with E-state index in [0.717, 1.165) is 29.7 Å². The van der Waals surface area contributed by atoms with Gasteiger partial charge in [0.2, 0.25) is 5.91 Å². The van der Waals surface area contributed by atoms with E-state index < -0.39 is 18.1 Å². The van der Waals surface area contributed by atoms with Gasteiger partial charge in [0.25, 0.3) is 5.91 Å². The van der Waals surface area contributed by atoms with Crippen LogP contribution in [0, 0.1) is 12.8 Å². The molecule has 0 radical (unpaired) electrons. The van der Waals surface area contributed by atoms with Gasteiger partial charge in [-0.1, -0.05) is 55.8 Å². The molecule has 0 saturated carbocycles. The second-order valence-corrected chi connectivity index (χ2v) is 9.07. The van der Waals surface area contributed by atoms with Crippen LogP contribution in [0.3, 0.4) is 0 Å². The SMILES string of the molecule is CCCCOc1ccc([C@H]2[C@@H]3C(=O)N(c4ccccc4C)C(=O)[C@H]3ON2c2ccccc2)cc1OC. The number of rotatable bonds is 8. The summed E-state index contributed by atoms with van der Waals surface area (Å²) in [5.41, 5.74) is 3.01. The molecule has 7 heteroatoms. The standard InChI is InChI=1S/C29H30N2O5/c1-4-5-17-35-23-16-15-20(18-24(23)34-3)26-25-27(36-31(26)21-12-7-6-8-13-21)29(33)30(28(25)32)22-14-10-9-11-19(22)2/h6-16,18,25-27H,4-5,17H2,1-3H3/t25-,26-,27-/m0/s1. The van der Waals surface area contributed by atoms with E-state index in [2.05, 4.69) is 6.92 Å². The molecule has 5 rings (SSSR count). The average molecular weight is 487 g/mol. The molecule has 0 aliphatic carbocycles. The van der Waals surface area contributed by atoms with Gasteiger partial charge in [-0.25, -0.2) is 9.96 Å². The number of hydrogen-bond acceptors (Lipinski definition) is 6. The van der Waals surface area contributed by atoms with Gasteiger partial charge >= 0.3 is 0 Å². The molecule has 0 N–H and O–H groups in total. The molecular formula is C29H30N2O5. The number of nitrogens with zero attached hydrogens (tertiary/aromatic N) is 2. The first-order valence-corrected chi connectivity index (χ1v) is 12.3. The maximum absolute atomic E-state index is 13.8. The van der Waals surface area contributed by atoms with E-state index >= 15 is 0 Å². The van der Waals surface area contributed by atoms with Crippen molar-refractivity contribution in [2.45, 2.75) is 38.8 Å². The lowest BCUT2D eigenvalue weighted by atomic mass is 9.90. The van der Waals surface area contributed by atoms with Gasteiger partial charge in [-0.15, -0.1) is 0 Å². The molecule has 3 aromatic carbocycles. The number of benzene rings is 3. The van der Waals surface area contributed by atoms with Crippen LogP contribution in [0.25, 0.3) is 0 Å². The predicted molar refractivity (Wildman–Crippen MR) is 137 cm³/mol. The maximum atomic E-state index is 13.8. The summed E-state index contributed by atoms with van der Waals surface area (Å²) in [7, 11) is 1.60. The summed E-state index contributed by atoms with van der Waals surface area (Å²) in [5.74, 6) is -0.118. The van der Waals surface area contributed by atoms with E-state index in [9.17, 15) is 9.59 Å². The molecule has 3 atom stereocenters. The quantitative estimate of drug-likeness (QED) is 0.321. The van der Waals surface area contributed by atoms with Crippen LogP contribution in [-0.4, -0.2) is 31.6 Å². The van der Waals surface area contributed by atoms with Gasteiger partial charge in [0.15, 0.2) is 17.6 Å². The number of aryl methyl sites for hydroxylation is 1. The Morgan fingerprint density at radius 2 is 1.67 bits per heavy atom. The summed E-state index contributed by atoms with van der Waals surface area (Å²) in [6.45, 7) is 4.59. The molecule has 0 bridgehead atoms. The molecule has 0 unspecified atom stereocenters. The second-order valence-electron chi connectivity index (χ2n) is 9.07. The fourth-order valence-electron chi connectivity index (χ4n) is 4.92. The summed E-state index contributed by atoms with van der Waals surface area (Å²) in [5, 5.41) is 1.69. The molecule has 186 valence electrons. The van der Waals surface area contributed by atoms with E-state index in [-0.39, 0.29) is 11.8 Å². The van der Waals surface area contributed by atoms with Crippen molar-refractivity contribution in [1.29, 1.82) is 0 Å². The third-order valence-corrected chi connectivity index (χ3v) is 6.77. The van der Waals surface area contributed by atoms with E-state index in [1.165, 1.54) is 4.90 Å². The van der Waals surface area contributed by atoms with Gasteiger partial charge in [0.05, 0.1) is 31.1 Å². The molecule has 3 aromatic rings. The van der Waals surface area contributed by atoms with E-state index in [4.69, 9.17) is 14.3 Å². The van der Waals surface area contributed by atoms with Gasteiger partial charge in [0.1, 0.15) is 5.92 Å². The summed E-state index contributed by atoms with van der Waals surface area (Å²) < 4.78 is 11.5. The minimum absolute atomic E-state index is 0.273. The molecule has 2 amide bonds. The number of hydroxylamine groups is 1. The zero-order valence-electron chi connectivity index (χ0n) is 20.7. The molecule has 0 aromatic heterocycles. The number of amides is 2. The topological polar surface area (TPSA) is 68.3 Å². The molecule has 2 aliphatic rings. The lowest BCUT2D eigenvalue weighted by Crippen LogP contribution is -2.37. The minimum atomic E-state index is -0.922. The number of carbonyl (C=O) groups is 2. The number of ether oxygens (including phenoxy) is 2. The van der Waals surface area contributed by atoms with Crippen LogP contribution in [-0.2, 0) is 14.4 Å². The molecule has 2 heterocycles. The van der Waals surface area contributed by atoms with Crippen LogP contribution < -0.4 is 19.4 Å². The monoisotopic (exact) mass is 486 g/mol. The first-order valence-electron chi connectivity index (χ1n) is 12.3. The van der Waals surface area contributed by atoms with Crippen molar-refractivity contribution in [2.24, 2.45) is 5.92 Å². The highest BCUT2D eigenvalue weighted by atomic mass is 16.7. The first-order chi connectivity index (χ1) is 17.5. The van der Waals surface area contributed by atoms with Crippen LogP contribution in [0.2, 0.25) is 0 Å². The Balaban J connectivity index is 1.56. The number of carbonyl (C=O) groups excluding carboxylic acids is 2. The second kappa shape index (κ2) is 10.0. The molecule has 2 saturated heterocycles. The van der Waals surface area contributed by atoms with Crippen LogP contribution in [0.4, 0.5) is 11.4 Å². The maximum Gasteiger partial charge on any atom is 0.266 e. The third-order valence-electron chi connectivity index (χ3n) is 6.77. The lowest BCUT2D eigenvalue weighted by molar-refractivity contribution is -0.126. The van der Waals surface area contributed by atoms with E-state index in [1.54, 1.807) is 18.2 Å². The zero-order chi connectivity index (χ0) is 25.2. The van der Waals surface area contributed by atoms with Crippen LogP contribution in [0.5, 0.6) is 11.5 Å². The minimum Gasteiger partial charge on any atom is -0.493 e. The molecule has 2 fully saturated rings. The number of methoxy groups -OCH3 is 1. The first kappa shape index (κ1) is 23.9. The smallest absolute Gasteiger partial charge is 0.266 e. The highest BCUT2D eigenvalue weighted by molar-refractivity contribution is 6.24.